The number of cyclic esters (lactones) is 1. The van der Waals surface area contributed by atoms with Crippen LogP contribution in [0.5, 0.6) is 0 Å². The predicted molar refractivity (Wildman–Crippen MR) is 133 cm³/mol. The van der Waals surface area contributed by atoms with E-state index in [2.05, 4.69) is 4.98 Å². The average molecular weight is 550 g/mol. The topological polar surface area (TPSA) is 138 Å². The van der Waals surface area contributed by atoms with Crippen LogP contribution in [0.1, 0.15) is 12.0 Å². The highest BCUT2D eigenvalue weighted by Crippen LogP contribution is 2.37. The van der Waals surface area contributed by atoms with Crippen molar-refractivity contribution in [3.63, 3.8) is 0 Å². The Hall–Kier alpha value is -3.94. The van der Waals surface area contributed by atoms with Crippen molar-refractivity contribution in [3.8, 4) is 11.3 Å². The summed E-state index contributed by atoms with van der Waals surface area (Å²) in [5.41, 5.74) is -1.41. The minimum atomic E-state index is -4.61. The van der Waals surface area contributed by atoms with E-state index < -0.39 is 41.6 Å². The van der Waals surface area contributed by atoms with E-state index in [9.17, 15) is 32.7 Å². The van der Waals surface area contributed by atoms with E-state index in [0.717, 1.165) is 6.07 Å². The van der Waals surface area contributed by atoms with Crippen LogP contribution in [-0.2, 0) is 25.2 Å². The fourth-order valence-electron chi connectivity index (χ4n) is 4.28. The zero-order valence-corrected chi connectivity index (χ0v) is 20.4. The first-order chi connectivity index (χ1) is 18.6. The van der Waals surface area contributed by atoms with Gasteiger partial charge in [-0.25, -0.2) is 9.59 Å². The van der Waals surface area contributed by atoms with Crippen LogP contribution in [-0.4, -0.2) is 72.4 Å². The summed E-state index contributed by atoms with van der Waals surface area (Å²) in [5.74, 6) is -1.24. The number of aliphatic carboxylic acids is 1. The second kappa shape index (κ2) is 11.8. The first-order valence-electron chi connectivity index (χ1n) is 11.9. The van der Waals surface area contributed by atoms with E-state index in [-0.39, 0.29) is 56.0 Å². The SMILES string of the molecule is O=C(O)C(C[C@H]1CN(c2ccc3cc(-c4ccccc4C(F)(F)F)[nH]c(=O)c3c2)C(=O)O1)OCCOCCO. The standard InChI is InChI=1S/C26H25F3N2O8/c27-26(28,29)20-4-2-1-3-18(20)21-11-15-5-6-16(12-19(15)23(33)30-21)31-14-17(39-25(31)36)13-22(24(34)35)38-10-9-37-8-7-32/h1-6,11-12,17,22,32H,7-10,13-14H2,(H,30,33)(H,34,35)/t17-,22?/m0/s1. The van der Waals surface area contributed by atoms with Crippen LogP contribution in [0, 0.1) is 0 Å². The van der Waals surface area contributed by atoms with Gasteiger partial charge >= 0.3 is 18.2 Å². The molecule has 208 valence electrons. The molecule has 2 aromatic carbocycles. The summed E-state index contributed by atoms with van der Waals surface area (Å²) >= 11 is 0. The molecule has 2 heterocycles. The normalized spacial score (nSPS) is 16.5. The monoisotopic (exact) mass is 550 g/mol. The summed E-state index contributed by atoms with van der Waals surface area (Å²) in [6.07, 6.45) is -7.57. The van der Waals surface area contributed by atoms with Gasteiger partial charge < -0.3 is 29.4 Å². The minimum absolute atomic E-state index is 0.00436. The molecule has 2 atom stereocenters. The Morgan fingerprint density at radius 2 is 1.90 bits per heavy atom. The molecule has 1 aromatic heterocycles. The van der Waals surface area contributed by atoms with E-state index in [4.69, 9.17) is 19.3 Å². The summed E-state index contributed by atoms with van der Waals surface area (Å²) in [7, 11) is 0. The zero-order chi connectivity index (χ0) is 28.2. The van der Waals surface area contributed by atoms with E-state index in [0.29, 0.717) is 11.1 Å². The van der Waals surface area contributed by atoms with Crippen molar-refractivity contribution in [3.05, 3.63) is 64.4 Å². The minimum Gasteiger partial charge on any atom is -0.479 e. The van der Waals surface area contributed by atoms with E-state index in [1.807, 2.05) is 0 Å². The molecular weight excluding hydrogens is 525 g/mol. The van der Waals surface area contributed by atoms with Crippen LogP contribution in [0.4, 0.5) is 23.7 Å². The molecule has 0 radical (unpaired) electrons. The number of alkyl halides is 3. The maximum Gasteiger partial charge on any atom is 0.417 e. The highest BCUT2D eigenvalue weighted by atomic mass is 19.4. The van der Waals surface area contributed by atoms with Crippen LogP contribution < -0.4 is 10.5 Å². The molecule has 1 saturated heterocycles. The largest absolute Gasteiger partial charge is 0.479 e. The van der Waals surface area contributed by atoms with Gasteiger partial charge in [0.25, 0.3) is 5.56 Å². The molecule has 13 heteroatoms. The Balaban J connectivity index is 1.51. The zero-order valence-electron chi connectivity index (χ0n) is 20.4. The molecule has 0 bridgehead atoms. The second-order valence-electron chi connectivity index (χ2n) is 8.71. The summed E-state index contributed by atoms with van der Waals surface area (Å²) in [6, 6.07) is 10.8. The molecule has 3 aromatic rings. The van der Waals surface area contributed by atoms with Crippen LogP contribution in [0.2, 0.25) is 0 Å². The number of aliphatic hydroxyl groups is 1. The lowest BCUT2D eigenvalue weighted by Gasteiger charge is -2.17. The molecule has 0 saturated carbocycles. The number of carbonyl (C=O) groups is 2. The summed E-state index contributed by atoms with van der Waals surface area (Å²) < 4.78 is 56.1. The van der Waals surface area contributed by atoms with Crippen molar-refractivity contribution in [1.82, 2.24) is 4.98 Å². The Morgan fingerprint density at radius 1 is 1.13 bits per heavy atom. The van der Waals surface area contributed by atoms with Crippen LogP contribution >= 0.6 is 0 Å². The number of aliphatic hydroxyl groups excluding tert-OH is 1. The van der Waals surface area contributed by atoms with Gasteiger partial charge in [0.2, 0.25) is 0 Å². The summed E-state index contributed by atoms with van der Waals surface area (Å²) in [5, 5.41) is 18.6. The highest BCUT2D eigenvalue weighted by molar-refractivity contribution is 5.95. The fraction of sp³-hybridized carbons (Fsp3) is 0.346. The number of anilines is 1. The number of nitrogens with one attached hydrogen (secondary N) is 1. The molecule has 0 aliphatic carbocycles. The Kier molecular flexibility index (Phi) is 8.53. The number of pyridine rings is 1. The van der Waals surface area contributed by atoms with Gasteiger partial charge in [0, 0.05) is 28.8 Å². The van der Waals surface area contributed by atoms with E-state index in [1.54, 1.807) is 0 Å². The Bertz CT molecular complexity index is 1410. The van der Waals surface area contributed by atoms with Crippen molar-refractivity contribution in [2.45, 2.75) is 24.8 Å². The number of carbonyl (C=O) groups excluding carboxylic acids is 1. The Labute approximate surface area is 219 Å². The van der Waals surface area contributed by atoms with Gasteiger partial charge in [-0.15, -0.1) is 0 Å². The molecule has 1 aliphatic rings. The lowest BCUT2D eigenvalue weighted by atomic mass is 10.0. The molecular formula is C26H25F3N2O8. The maximum absolute atomic E-state index is 13.5. The van der Waals surface area contributed by atoms with Crippen molar-refractivity contribution in [2.24, 2.45) is 0 Å². The highest BCUT2D eigenvalue weighted by Gasteiger charge is 2.36. The van der Waals surface area contributed by atoms with Crippen LogP contribution in [0.25, 0.3) is 22.0 Å². The molecule has 1 amide bonds. The van der Waals surface area contributed by atoms with Gasteiger partial charge in [-0.3, -0.25) is 9.69 Å². The summed E-state index contributed by atoms with van der Waals surface area (Å²) in [6.45, 7) is -0.0508. The number of aromatic amines is 1. The molecule has 1 aliphatic heterocycles. The molecule has 4 rings (SSSR count). The molecule has 1 fully saturated rings. The number of hydrogen-bond acceptors (Lipinski definition) is 7. The maximum atomic E-state index is 13.5. The number of amides is 1. The molecule has 0 spiro atoms. The number of H-pyrrole nitrogens is 1. The number of carboxylic acids is 1. The molecule has 3 N–H and O–H groups in total. The number of benzene rings is 2. The third-order valence-electron chi connectivity index (χ3n) is 6.07. The lowest BCUT2D eigenvalue weighted by molar-refractivity contribution is -0.153. The number of fused-ring (bicyclic) bond motifs is 1. The molecule has 1 unspecified atom stereocenters. The number of nitrogens with zero attached hydrogens (tertiary/aromatic N) is 1. The molecule has 10 nitrogen and oxygen atoms in total. The van der Waals surface area contributed by atoms with Crippen molar-refractivity contribution < 1.29 is 47.2 Å². The first-order valence-corrected chi connectivity index (χ1v) is 11.9. The lowest BCUT2D eigenvalue weighted by Crippen LogP contribution is -2.32. The van der Waals surface area contributed by atoms with Gasteiger partial charge in [0.05, 0.1) is 38.5 Å². The van der Waals surface area contributed by atoms with Gasteiger partial charge in [0.1, 0.15) is 6.10 Å². The second-order valence-corrected chi connectivity index (χ2v) is 8.71. The van der Waals surface area contributed by atoms with Gasteiger partial charge in [-0.1, -0.05) is 24.3 Å². The average Bonchev–Trinajstić information content (AvgIpc) is 3.27. The van der Waals surface area contributed by atoms with Crippen molar-refractivity contribution in [2.75, 3.05) is 37.9 Å². The van der Waals surface area contributed by atoms with Crippen LogP contribution in [0.15, 0.2) is 53.3 Å². The number of aromatic nitrogens is 1. The quantitative estimate of drug-likeness (QED) is 0.309. The number of hydrogen-bond donors (Lipinski definition) is 3. The van der Waals surface area contributed by atoms with E-state index in [1.165, 1.54) is 47.4 Å². The third kappa shape index (κ3) is 6.56. The predicted octanol–water partition coefficient (Wildman–Crippen LogP) is 3.41. The number of ether oxygens (including phenoxy) is 3. The van der Waals surface area contributed by atoms with Crippen LogP contribution in [0.3, 0.4) is 0 Å². The number of rotatable bonds is 11. The van der Waals surface area contributed by atoms with Gasteiger partial charge in [-0.05, 0) is 29.7 Å². The van der Waals surface area contributed by atoms with Crippen molar-refractivity contribution in [1.29, 1.82) is 0 Å². The molecule has 39 heavy (non-hydrogen) atoms. The third-order valence-corrected chi connectivity index (χ3v) is 6.07. The smallest absolute Gasteiger partial charge is 0.417 e. The van der Waals surface area contributed by atoms with Gasteiger partial charge in [-0.2, -0.15) is 13.2 Å². The fourth-order valence-corrected chi connectivity index (χ4v) is 4.28. The summed E-state index contributed by atoms with van der Waals surface area (Å²) in [4.78, 5) is 40.7. The Morgan fingerprint density at radius 3 is 2.62 bits per heavy atom. The first kappa shape index (κ1) is 28.1. The van der Waals surface area contributed by atoms with E-state index >= 15 is 0 Å². The number of carboxylic acid groups (broad SMARTS) is 1. The van der Waals surface area contributed by atoms with Crippen molar-refractivity contribution >= 4 is 28.5 Å². The number of halogens is 3. The van der Waals surface area contributed by atoms with Gasteiger partial charge in [0.15, 0.2) is 6.10 Å².